The number of rotatable bonds is 4. The van der Waals surface area contributed by atoms with Crippen LogP contribution in [-0.4, -0.2) is 94.2 Å². The van der Waals surface area contributed by atoms with E-state index in [-0.39, 0.29) is 65.8 Å². The van der Waals surface area contributed by atoms with E-state index in [9.17, 15) is 19.5 Å². The van der Waals surface area contributed by atoms with Crippen molar-refractivity contribution in [3.8, 4) is 0 Å². The molecule has 0 bridgehead atoms. The van der Waals surface area contributed by atoms with Crippen molar-refractivity contribution in [1.82, 2.24) is 9.80 Å². The van der Waals surface area contributed by atoms with Crippen molar-refractivity contribution in [3.63, 3.8) is 0 Å². The Bertz CT molecular complexity index is 564. The fourth-order valence-electron chi connectivity index (χ4n) is 3.75. The minimum absolute atomic E-state index is 0. The summed E-state index contributed by atoms with van der Waals surface area (Å²) in [5.41, 5.74) is 5.34. The molecule has 3 aliphatic heterocycles. The number of hydrogen-bond acceptors (Lipinski definition) is 5. The number of primary amides is 1. The molecule has 0 saturated carbocycles. The SMILES string of the molecule is CCN1C[C@H]2CC(COC(N)=O)=C(C(=O)O)N3C(=O)[C@@H]1[C@@H]23.[NaH]. The maximum atomic E-state index is 12.3. The van der Waals surface area contributed by atoms with Crippen molar-refractivity contribution >= 4 is 47.5 Å². The van der Waals surface area contributed by atoms with Crippen LogP contribution < -0.4 is 5.73 Å². The Morgan fingerprint density at radius 2 is 2.14 bits per heavy atom. The Hall–Kier alpha value is -1.09. The van der Waals surface area contributed by atoms with Gasteiger partial charge in [-0.15, -0.1) is 0 Å². The first-order valence-corrected chi connectivity index (χ1v) is 6.90. The van der Waals surface area contributed by atoms with Gasteiger partial charge in [-0.2, -0.15) is 0 Å². The van der Waals surface area contributed by atoms with Gasteiger partial charge in [0.1, 0.15) is 18.3 Å². The molecule has 3 N–H and O–H groups in total. The van der Waals surface area contributed by atoms with Gasteiger partial charge in [0, 0.05) is 6.54 Å². The predicted molar refractivity (Wildman–Crippen MR) is 77.1 cm³/mol. The van der Waals surface area contributed by atoms with Gasteiger partial charge in [0.05, 0.1) is 6.04 Å². The van der Waals surface area contributed by atoms with Crippen molar-refractivity contribution in [1.29, 1.82) is 0 Å². The second kappa shape index (κ2) is 6.19. The van der Waals surface area contributed by atoms with Crippen LogP contribution in [0.25, 0.3) is 0 Å². The van der Waals surface area contributed by atoms with Gasteiger partial charge in [-0.05, 0) is 24.5 Å². The molecule has 9 heteroatoms. The second-order valence-corrected chi connectivity index (χ2v) is 5.56. The molecular formula is C13H18N3NaO5. The third-order valence-corrected chi connectivity index (χ3v) is 4.54. The molecule has 3 heterocycles. The standard InChI is InChI=1S/C13H17N3O5.Na.H/c1-2-15-4-6-3-7(5-21-13(14)20)9(12(18)19)16-8(6)10(15)11(16)17;;/h6,8,10H,2-5H2,1H3,(H2,14,20)(H,18,19);;/t6-,8-,10+;;/m1../s1. The number of carbonyl (C=O) groups is 3. The molecule has 2 saturated heterocycles. The van der Waals surface area contributed by atoms with E-state index in [1.165, 1.54) is 4.90 Å². The summed E-state index contributed by atoms with van der Waals surface area (Å²) < 4.78 is 4.73. The van der Waals surface area contributed by atoms with Gasteiger partial charge in [0.15, 0.2) is 0 Å². The van der Waals surface area contributed by atoms with Crippen molar-refractivity contribution in [3.05, 3.63) is 11.3 Å². The molecular weight excluding hydrogens is 301 g/mol. The monoisotopic (exact) mass is 319 g/mol. The summed E-state index contributed by atoms with van der Waals surface area (Å²) in [7, 11) is 0. The number of nitrogens with zero attached hydrogens (tertiary/aromatic N) is 2. The molecule has 0 spiro atoms. The van der Waals surface area contributed by atoms with Crippen LogP contribution in [0, 0.1) is 5.92 Å². The summed E-state index contributed by atoms with van der Waals surface area (Å²) in [5, 5.41) is 9.39. The van der Waals surface area contributed by atoms with Gasteiger partial charge in [-0.1, -0.05) is 6.92 Å². The average Bonchev–Trinajstić information content (AvgIpc) is 2.78. The first-order chi connectivity index (χ1) is 9.95. The molecule has 3 aliphatic rings. The Morgan fingerprint density at radius 1 is 1.45 bits per heavy atom. The Balaban J connectivity index is 0.00000176. The van der Waals surface area contributed by atoms with Gasteiger partial charge in [-0.25, -0.2) is 9.59 Å². The number of ether oxygens (including phenoxy) is 1. The van der Waals surface area contributed by atoms with E-state index in [1.807, 2.05) is 6.92 Å². The van der Waals surface area contributed by atoms with Gasteiger partial charge < -0.3 is 15.6 Å². The number of hydrogen-bond donors (Lipinski definition) is 2. The van der Waals surface area contributed by atoms with Crippen LogP contribution in [0.4, 0.5) is 4.79 Å². The zero-order valence-electron chi connectivity index (χ0n) is 11.6. The Morgan fingerprint density at radius 3 is 2.68 bits per heavy atom. The molecule has 2 fully saturated rings. The third kappa shape index (κ3) is 2.44. The Labute approximate surface area is 149 Å². The normalized spacial score (nSPS) is 29.6. The fourth-order valence-corrected chi connectivity index (χ4v) is 3.75. The molecule has 22 heavy (non-hydrogen) atoms. The summed E-state index contributed by atoms with van der Waals surface area (Å²) in [6, 6.07) is -0.270. The van der Waals surface area contributed by atoms with E-state index in [0.717, 1.165) is 13.1 Å². The van der Waals surface area contributed by atoms with Crippen LogP contribution in [0.2, 0.25) is 0 Å². The first-order valence-electron chi connectivity index (χ1n) is 6.90. The summed E-state index contributed by atoms with van der Waals surface area (Å²) in [4.78, 5) is 37.9. The van der Waals surface area contributed by atoms with Crippen LogP contribution in [0.1, 0.15) is 13.3 Å². The van der Waals surface area contributed by atoms with Gasteiger partial charge >= 0.3 is 41.6 Å². The number of aliphatic carboxylic acids is 1. The number of likely N-dealkylation sites (N-methyl/N-ethyl adjacent to an activating group) is 1. The van der Waals surface area contributed by atoms with Crippen LogP contribution in [0.15, 0.2) is 11.3 Å². The van der Waals surface area contributed by atoms with E-state index in [1.54, 1.807) is 0 Å². The number of carboxylic acids is 1. The zero-order valence-corrected chi connectivity index (χ0v) is 11.6. The number of likely N-dealkylation sites (tertiary alicyclic amines) is 1. The van der Waals surface area contributed by atoms with Gasteiger partial charge in [-0.3, -0.25) is 14.6 Å². The zero-order chi connectivity index (χ0) is 15.3. The first kappa shape index (κ1) is 17.3. The van der Waals surface area contributed by atoms with E-state index in [0.29, 0.717) is 12.0 Å². The van der Waals surface area contributed by atoms with E-state index in [4.69, 9.17) is 10.5 Å². The van der Waals surface area contributed by atoms with Gasteiger partial charge in [0.25, 0.3) is 0 Å². The average molecular weight is 319 g/mol. The quantitative estimate of drug-likeness (QED) is 0.492. The summed E-state index contributed by atoms with van der Waals surface area (Å²) >= 11 is 0. The van der Waals surface area contributed by atoms with Gasteiger partial charge in [0.2, 0.25) is 5.91 Å². The summed E-state index contributed by atoms with van der Waals surface area (Å²) in [5.74, 6) is -1.17. The minimum atomic E-state index is -1.17. The van der Waals surface area contributed by atoms with Crippen LogP contribution in [0.5, 0.6) is 0 Å². The second-order valence-electron chi connectivity index (χ2n) is 5.56. The molecule has 2 amide bonds. The number of carboxylic acid groups (broad SMARTS) is 1. The number of amides is 2. The fraction of sp³-hybridized carbons (Fsp3) is 0.615. The topological polar surface area (TPSA) is 113 Å². The molecule has 116 valence electrons. The molecule has 8 nitrogen and oxygen atoms in total. The van der Waals surface area contributed by atoms with E-state index in [2.05, 4.69) is 4.90 Å². The van der Waals surface area contributed by atoms with Crippen molar-refractivity contribution in [2.75, 3.05) is 19.7 Å². The molecule has 0 unspecified atom stereocenters. The van der Waals surface area contributed by atoms with Crippen molar-refractivity contribution < 1.29 is 24.2 Å². The van der Waals surface area contributed by atoms with Crippen LogP contribution in [0.3, 0.4) is 0 Å². The van der Waals surface area contributed by atoms with Crippen molar-refractivity contribution in [2.45, 2.75) is 25.4 Å². The molecule has 0 radical (unpaired) electrons. The summed E-state index contributed by atoms with van der Waals surface area (Å²) in [6.45, 7) is 3.31. The summed E-state index contributed by atoms with van der Waals surface area (Å²) in [6.07, 6.45) is -0.445. The number of carbonyl (C=O) groups excluding carboxylic acids is 2. The van der Waals surface area contributed by atoms with E-state index < -0.39 is 12.1 Å². The third-order valence-electron chi connectivity index (χ3n) is 4.54. The molecule has 0 aromatic rings. The number of nitrogens with two attached hydrogens (primary N) is 1. The molecule has 3 atom stereocenters. The maximum absolute atomic E-state index is 12.3. The molecule has 0 aromatic heterocycles. The van der Waals surface area contributed by atoms with Crippen LogP contribution >= 0.6 is 0 Å². The van der Waals surface area contributed by atoms with Crippen LogP contribution in [-0.2, 0) is 14.3 Å². The molecule has 0 aromatic carbocycles. The number of β-lactam (4-membered cyclic amide) rings is 1. The predicted octanol–water partition coefficient (Wildman–Crippen LogP) is -1.29. The van der Waals surface area contributed by atoms with E-state index >= 15 is 0 Å². The Kier molecular flexibility index (Phi) is 4.86. The molecule has 0 aliphatic carbocycles. The molecule has 3 rings (SSSR count). The van der Waals surface area contributed by atoms with Crippen molar-refractivity contribution in [2.24, 2.45) is 11.7 Å².